The summed E-state index contributed by atoms with van der Waals surface area (Å²) >= 11 is 0. The highest BCUT2D eigenvalue weighted by molar-refractivity contribution is 5.81. The summed E-state index contributed by atoms with van der Waals surface area (Å²) in [6.45, 7) is 3.51. The molecule has 2 aliphatic heterocycles. The molecule has 1 N–H and O–H groups in total. The number of carbonyl (C=O) groups is 2. The van der Waals surface area contributed by atoms with Gasteiger partial charge in [0.15, 0.2) is 0 Å². The Morgan fingerprint density at radius 1 is 1.12 bits per heavy atom. The van der Waals surface area contributed by atoms with Crippen LogP contribution >= 0.6 is 0 Å². The number of ether oxygens (including phenoxy) is 2. The number of nitrogens with zero attached hydrogens (tertiary/aromatic N) is 1. The Balaban J connectivity index is 1.50. The van der Waals surface area contributed by atoms with Crippen LogP contribution in [0.15, 0.2) is 30.3 Å². The van der Waals surface area contributed by atoms with Gasteiger partial charge in [-0.3, -0.25) is 9.59 Å². The molecule has 2 atom stereocenters. The predicted molar refractivity (Wildman–Crippen MR) is 92.9 cm³/mol. The molecule has 0 radical (unpaired) electrons. The zero-order valence-electron chi connectivity index (χ0n) is 14.5. The number of benzene rings is 1. The van der Waals surface area contributed by atoms with E-state index in [4.69, 9.17) is 9.47 Å². The molecule has 2 amide bonds. The van der Waals surface area contributed by atoms with Gasteiger partial charge in [-0.15, -0.1) is 0 Å². The van der Waals surface area contributed by atoms with Crippen molar-refractivity contribution in [2.45, 2.75) is 25.4 Å². The molecule has 0 unspecified atom stereocenters. The van der Waals surface area contributed by atoms with Crippen LogP contribution in [0, 0.1) is 5.92 Å². The Morgan fingerprint density at radius 2 is 1.88 bits per heavy atom. The highest BCUT2D eigenvalue weighted by Crippen LogP contribution is 2.33. The molecule has 0 bridgehead atoms. The number of hydrogen-bond acceptors (Lipinski definition) is 4. The summed E-state index contributed by atoms with van der Waals surface area (Å²) in [5.41, 5.74) is 1.03. The quantitative estimate of drug-likeness (QED) is 0.878. The van der Waals surface area contributed by atoms with Crippen LogP contribution in [0.2, 0.25) is 0 Å². The lowest BCUT2D eigenvalue weighted by Crippen LogP contribution is -2.43. The molecule has 1 aromatic carbocycles. The molecule has 0 aliphatic carbocycles. The number of amides is 2. The van der Waals surface area contributed by atoms with E-state index in [-0.39, 0.29) is 23.8 Å². The Hall–Kier alpha value is -1.92. The van der Waals surface area contributed by atoms with Gasteiger partial charge in [0.1, 0.15) is 0 Å². The molecule has 2 aliphatic rings. The van der Waals surface area contributed by atoms with E-state index in [1.165, 1.54) is 0 Å². The van der Waals surface area contributed by atoms with Crippen molar-refractivity contribution in [3.8, 4) is 0 Å². The minimum absolute atomic E-state index is 0.0247. The van der Waals surface area contributed by atoms with Crippen LogP contribution in [-0.4, -0.2) is 56.2 Å². The molecule has 0 saturated carbocycles. The molecule has 0 spiro atoms. The Morgan fingerprint density at radius 3 is 2.64 bits per heavy atom. The van der Waals surface area contributed by atoms with Crippen molar-refractivity contribution in [1.82, 2.24) is 10.2 Å². The number of carbonyl (C=O) groups excluding carboxylic acids is 2. The number of morpholine rings is 1. The van der Waals surface area contributed by atoms with E-state index in [2.05, 4.69) is 5.32 Å². The summed E-state index contributed by atoms with van der Waals surface area (Å²) in [7, 11) is 0. The van der Waals surface area contributed by atoms with E-state index in [1.807, 2.05) is 30.3 Å². The van der Waals surface area contributed by atoms with E-state index >= 15 is 0 Å². The summed E-state index contributed by atoms with van der Waals surface area (Å²) in [6, 6.07) is 9.88. The molecule has 2 heterocycles. The van der Waals surface area contributed by atoms with Crippen LogP contribution in [0.1, 0.15) is 30.9 Å². The molecule has 25 heavy (non-hydrogen) atoms. The van der Waals surface area contributed by atoms with Gasteiger partial charge < -0.3 is 19.7 Å². The SMILES string of the molecule is O=C(NCCC(=O)N1CCOCC1)[C@H]1CCCO[C@H]1c1ccccc1. The lowest BCUT2D eigenvalue weighted by atomic mass is 9.89. The smallest absolute Gasteiger partial charge is 0.226 e. The number of hydrogen-bond donors (Lipinski definition) is 1. The minimum Gasteiger partial charge on any atom is -0.378 e. The average Bonchev–Trinajstić information content (AvgIpc) is 2.69. The number of rotatable bonds is 5. The maximum atomic E-state index is 12.6. The zero-order valence-corrected chi connectivity index (χ0v) is 14.5. The second-order valence-corrected chi connectivity index (χ2v) is 6.48. The summed E-state index contributed by atoms with van der Waals surface area (Å²) in [6.07, 6.45) is 1.82. The van der Waals surface area contributed by atoms with Gasteiger partial charge in [0.25, 0.3) is 0 Å². The normalized spacial score (nSPS) is 23.9. The van der Waals surface area contributed by atoms with E-state index < -0.39 is 0 Å². The highest BCUT2D eigenvalue weighted by Gasteiger charge is 2.32. The topological polar surface area (TPSA) is 67.9 Å². The van der Waals surface area contributed by atoms with Crippen LogP contribution in [0.3, 0.4) is 0 Å². The fourth-order valence-electron chi connectivity index (χ4n) is 3.42. The summed E-state index contributed by atoms with van der Waals surface area (Å²) in [5, 5.41) is 2.92. The molecule has 1 aromatic rings. The van der Waals surface area contributed by atoms with Crippen LogP contribution in [-0.2, 0) is 19.1 Å². The first-order valence-electron chi connectivity index (χ1n) is 9.05. The van der Waals surface area contributed by atoms with Crippen molar-refractivity contribution in [3.05, 3.63) is 35.9 Å². The fourth-order valence-corrected chi connectivity index (χ4v) is 3.42. The molecule has 6 heteroatoms. The van der Waals surface area contributed by atoms with E-state index in [1.54, 1.807) is 4.90 Å². The van der Waals surface area contributed by atoms with Crippen LogP contribution < -0.4 is 5.32 Å². The molecule has 136 valence electrons. The lowest BCUT2D eigenvalue weighted by Gasteiger charge is -2.31. The Labute approximate surface area is 148 Å². The van der Waals surface area contributed by atoms with E-state index in [0.717, 1.165) is 18.4 Å². The Kier molecular flexibility index (Phi) is 6.42. The highest BCUT2D eigenvalue weighted by atomic mass is 16.5. The van der Waals surface area contributed by atoms with Crippen LogP contribution in [0.25, 0.3) is 0 Å². The van der Waals surface area contributed by atoms with Crippen molar-refractivity contribution in [2.24, 2.45) is 5.92 Å². The van der Waals surface area contributed by atoms with Crippen LogP contribution in [0.5, 0.6) is 0 Å². The van der Waals surface area contributed by atoms with Gasteiger partial charge in [-0.2, -0.15) is 0 Å². The van der Waals surface area contributed by atoms with Crippen molar-refractivity contribution < 1.29 is 19.1 Å². The second kappa shape index (κ2) is 8.97. The maximum Gasteiger partial charge on any atom is 0.226 e. The molecule has 3 rings (SSSR count). The van der Waals surface area contributed by atoms with E-state index in [9.17, 15) is 9.59 Å². The molecule has 0 aromatic heterocycles. The van der Waals surface area contributed by atoms with Gasteiger partial charge in [0.2, 0.25) is 11.8 Å². The first-order valence-corrected chi connectivity index (χ1v) is 9.05. The average molecular weight is 346 g/mol. The third-order valence-corrected chi connectivity index (χ3v) is 4.79. The third-order valence-electron chi connectivity index (χ3n) is 4.79. The summed E-state index contributed by atoms with van der Waals surface area (Å²) in [4.78, 5) is 26.5. The van der Waals surface area contributed by atoms with Gasteiger partial charge >= 0.3 is 0 Å². The predicted octanol–water partition coefficient (Wildman–Crippen LogP) is 1.52. The van der Waals surface area contributed by atoms with Gasteiger partial charge in [0.05, 0.1) is 25.2 Å². The van der Waals surface area contributed by atoms with E-state index in [0.29, 0.717) is 45.9 Å². The third kappa shape index (κ3) is 4.80. The first kappa shape index (κ1) is 17.9. The van der Waals surface area contributed by atoms with Crippen molar-refractivity contribution >= 4 is 11.8 Å². The molecule has 2 saturated heterocycles. The standard InChI is InChI=1S/C19H26N2O4/c22-17(21-10-13-24-14-11-21)8-9-20-19(23)16-7-4-12-25-18(16)15-5-2-1-3-6-15/h1-3,5-6,16,18H,4,7-14H2,(H,20,23)/t16-,18-/m0/s1. The first-order chi connectivity index (χ1) is 12.3. The minimum atomic E-state index is -0.204. The Bertz CT molecular complexity index is 572. The molecule has 2 fully saturated rings. The van der Waals surface area contributed by atoms with Crippen molar-refractivity contribution in [3.63, 3.8) is 0 Å². The largest absolute Gasteiger partial charge is 0.378 e. The van der Waals surface area contributed by atoms with Gasteiger partial charge in [-0.1, -0.05) is 30.3 Å². The fraction of sp³-hybridized carbons (Fsp3) is 0.579. The van der Waals surface area contributed by atoms with Gasteiger partial charge in [0, 0.05) is 32.7 Å². The molecular weight excluding hydrogens is 320 g/mol. The second-order valence-electron chi connectivity index (χ2n) is 6.48. The lowest BCUT2D eigenvalue weighted by molar-refractivity contribution is -0.136. The molecule has 6 nitrogen and oxygen atoms in total. The van der Waals surface area contributed by atoms with Gasteiger partial charge in [-0.25, -0.2) is 0 Å². The summed E-state index contributed by atoms with van der Waals surface area (Å²) in [5.74, 6) is -0.152. The van der Waals surface area contributed by atoms with Crippen molar-refractivity contribution in [2.75, 3.05) is 39.5 Å². The summed E-state index contributed by atoms with van der Waals surface area (Å²) < 4.78 is 11.1. The molecular formula is C19H26N2O4. The monoisotopic (exact) mass is 346 g/mol. The maximum absolute atomic E-state index is 12.6. The number of nitrogens with one attached hydrogen (secondary N) is 1. The van der Waals surface area contributed by atoms with Crippen LogP contribution in [0.4, 0.5) is 0 Å². The zero-order chi connectivity index (χ0) is 17.5. The van der Waals surface area contributed by atoms with Crippen molar-refractivity contribution in [1.29, 1.82) is 0 Å². The van der Waals surface area contributed by atoms with Gasteiger partial charge in [-0.05, 0) is 18.4 Å².